The van der Waals surface area contributed by atoms with Gasteiger partial charge in [0.25, 0.3) is 0 Å². The van der Waals surface area contributed by atoms with Crippen molar-refractivity contribution in [3.63, 3.8) is 0 Å². The van der Waals surface area contributed by atoms with Crippen LogP contribution in [0, 0.1) is 0 Å². The van der Waals surface area contributed by atoms with Gasteiger partial charge in [-0.1, -0.05) is 17.7 Å². The summed E-state index contributed by atoms with van der Waals surface area (Å²) in [5.41, 5.74) is 1.19. The third-order valence-corrected chi connectivity index (χ3v) is 6.50. The van der Waals surface area contributed by atoms with Crippen LogP contribution in [-0.2, 0) is 10.2 Å². The number of aromatic hydroxyl groups is 1. The minimum Gasteiger partial charge on any atom is -0.506 e. The number of benzene rings is 1. The van der Waals surface area contributed by atoms with Gasteiger partial charge in [-0.05, 0) is 29.8 Å². The fourth-order valence-corrected chi connectivity index (χ4v) is 5.17. The largest absolute Gasteiger partial charge is 0.506 e. The molecule has 100 valence electrons. The van der Waals surface area contributed by atoms with Crippen molar-refractivity contribution in [1.29, 1.82) is 0 Å². The van der Waals surface area contributed by atoms with E-state index in [2.05, 4.69) is 12.6 Å². The maximum Gasteiger partial charge on any atom is 0.134 e. The van der Waals surface area contributed by atoms with Gasteiger partial charge in [0.05, 0.1) is 11.5 Å². The van der Waals surface area contributed by atoms with Gasteiger partial charge < -0.3 is 5.11 Å². The zero-order valence-electron chi connectivity index (χ0n) is 9.86. The highest BCUT2D eigenvalue weighted by molar-refractivity contribution is 7.80. The Morgan fingerprint density at radius 3 is 2.95 bits per heavy atom. The molecule has 0 amide bonds. The number of halogens is 2. The first-order chi connectivity index (χ1) is 8.93. The molecule has 19 heavy (non-hydrogen) atoms. The average molecular weight is 316 g/mol. The Hall–Kier alpha value is -0.420. The van der Waals surface area contributed by atoms with Crippen molar-refractivity contribution in [3.05, 3.63) is 23.3 Å². The molecule has 2 aliphatic carbocycles. The van der Waals surface area contributed by atoms with Gasteiger partial charge in [0.15, 0.2) is 0 Å². The van der Waals surface area contributed by atoms with E-state index in [0.29, 0.717) is 24.2 Å². The summed E-state index contributed by atoms with van der Waals surface area (Å²) < 4.78 is 1.61. The van der Waals surface area contributed by atoms with Crippen molar-refractivity contribution in [2.45, 2.75) is 40.6 Å². The zero-order chi connectivity index (χ0) is 13.6. The van der Waals surface area contributed by atoms with Crippen molar-refractivity contribution in [1.82, 2.24) is 4.42 Å². The standard InChI is InChI=1S/C13H11Cl2NO2S/c14-13-4-3-6(17)5-12(13)9-7(11(12)16(13)15)1-2-8(19)10(9)18/h1-2,11,18-19H,3-5H2. The molecule has 1 saturated carbocycles. The van der Waals surface area contributed by atoms with Crippen molar-refractivity contribution in [2.24, 2.45) is 0 Å². The Balaban J connectivity index is 1.97. The predicted octanol–water partition coefficient (Wildman–Crippen LogP) is 3.13. The lowest BCUT2D eigenvalue weighted by Crippen LogP contribution is -2.78. The smallest absolute Gasteiger partial charge is 0.134 e. The van der Waals surface area contributed by atoms with Gasteiger partial charge in [0.1, 0.15) is 16.5 Å². The van der Waals surface area contributed by atoms with Crippen molar-refractivity contribution in [2.75, 3.05) is 0 Å². The van der Waals surface area contributed by atoms with Crippen LogP contribution in [0.5, 0.6) is 5.75 Å². The van der Waals surface area contributed by atoms with E-state index in [-0.39, 0.29) is 17.6 Å². The average Bonchev–Trinajstić information content (AvgIpc) is 2.36. The third-order valence-electron chi connectivity index (χ3n) is 4.86. The molecule has 3 aliphatic rings. The number of fused-ring (bicyclic) bond motifs is 2. The first-order valence-electron chi connectivity index (χ1n) is 6.14. The van der Waals surface area contributed by atoms with Crippen molar-refractivity contribution < 1.29 is 9.90 Å². The lowest BCUT2D eigenvalue weighted by molar-refractivity contribution is -0.145. The normalized spacial score (nSPS) is 39.7. The lowest BCUT2D eigenvalue weighted by Gasteiger charge is -2.73. The Morgan fingerprint density at radius 2 is 2.21 bits per heavy atom. The molecule has 3 unspecified atom stereocenters. The zero-order valence-corrected chi connectivity index (χ0v) is 12.3. The van der Waals surface area contributed by atoms with Crippen molar-refractivity contribution in [3.8, 4) is 5.75 Å². The van der Waals surface area contributed by atoms with E-state index in [1.54, 1.807) is 10.5 Å². The number of phenols is 1. The molecule has 1 aromatic rings. The number of nitrogens with zero attached hydrogens (tertiary/aromatic N) is 1. The van der Waals surface area contributed by atoms with E-state index in [4.69, 9.17) is 23.4 Å². The number of phenolic OH excluding ortho intramolecular Hbond substituents is 1. The van der Waals surface area contributed by atoms with Gasteiger partial charge in [0, 0.05) is 23.3 Å². The molecule has 1 heterocycles. The third kappa shape index (κ3) is 1.09. The SMILES string of the molecule is O=C1CCC2(Cl)N(Cl)C3c4ccc(S)c(O)c4C32C1. The summed E-state index contributed by atoms with van der Waals surface area (Å²) in [4.78, 5) is 11.6. The summed E-state index contributed by atoms with van der Waals surface area (Å²) in [5, 5.41) is 10.3. The molecule has 0 bridgehead atoms. The molecular weight excluding hydrogens is 305 g/mol. The molecule has 1 aliphatic heterocycles. The second-order valence-corrected chi connectivity index (χ2v) is 7.03. The Morgan fingerprint density at radius 1 is 1.47 bits per heavy atom. The van der Waals surface area contributed by atoms with Crippen LogP contribution in [0.15, 0.2) is 17.0 Å². The van der Waals surface area contributed by atoms with Gasteiger partial charge in [-0.15, -0.1) is 12.6 Å². The number of Topliss-reactive ketones (excluding diaryl/α,β-unsaturated/α-hetero) is 1. The molecule has 2 fully saturated rings. The first kappa shape index (κ1) is 12.3. The van der Waals surface area contributed by atoms with Gasteiger partial charge in [-0.3, -0.25) is 4.79 Å². The van der Waals surface area contributed by atoms with Crippen LogP contribution in [-0.4, -0.2) is 20.3 Å². The van der Waals surface area contributed by atoms with Crippen LogP contribution in [0.3, 0.4) is 0 Å². The summed E-state index contributed by atoms with van der Waals surface area (Å²) in [6.45, 7) is 0. The second-order valence-electron chi connectivity index (χ2n) is 5.56. The Kier molecular flexibility index (Phi) is 2.22. The van der Waals surface area contributed by atoms with Gasteiger partial charge in [0.2, 0.25) is 0 Å². The van der Waals surface area contributed by atoms with Crippen LogP contribution in [0.2, 0.25) is 0 Å². The van der Waals surface area contributed by atoms with Crippen LogP contribution >= 0.6 is 36.0 Å². The van der Waals surface area contributed by atoms with Crippen molar-refractivity contribution >= 4 is 41.8 Å². The number of thiol groups is 1. The lowest BCUT2D eigenvalue weighted by atomic mass is 9.45. The predicted molar refractivity (Wildman–Crippen MR) is 74.9 cm³/mol. The quantitative estimate of drug-likeness (QED) is 0.334. The Labute approximate surface area is 126 Å². The molecule has 1 saturated heterocycles. The molecule has 0 aromatic heterocycles. The summed E-state index contributed by atoms with van der Waals surface area (Å²) >= 11 is 17.2. The minimum absolute atomic E-state index is 0.0780. The number of carbonyl (C=O) groups excluding carboxylic acids is 1. The molecule has 3 nitrogen and oxygen atoms in total. The van der Waals surface area contributed by atoms with Crippen LogP contribution in [0.25, 0.3) is 0 Å². The van der Waals surface area contributed by atoms with E-state index in [0.717, 1.165) is 11.1 Å². The van der Waals surface area contributed by atoms with E-state index in [9.17, 15) is 9.90 Å². The van der Waals surface area contributed by atoms with E-state index in [1.807, 2.05) is 6.07 Å². The monoisotopic (exact) mass is 315 g/mol. The van der Waals surface area contributed by atoms with Gasteiger partial charge in [-0.2, -0.15) is 4.42 Å². The van der Waals surface area contributed by atoms with Crippen LogP contribution < -0.4 is 0 Å². The highest BCUT2D eigenvalue weighted by Crippen LogP contribution is 2.77. The number of alkyl halides is 1. The maximum atomic E-state index is 11.9. The Bertz CT molecular complexity index is 637. The second kappa shape index (κ2) is 3.42. The molecule has 1 aromatic carbocycles. The summed E-state index contributed by atoms with van der Waals surface area (Å²) in [7, 11) is 0. The topological polar surface area (TPSA) is 40.5 Å². The number of hydrogen-bond acceptors (Lipinski definition) is 4. The highest BCUT2D eigenvalue weighted by Gasteiger charge is 2.79. The summed E-state index contributed by atoms with van der Waals surface area (Å²) in [6.07, 6.45) is 1.31. The van der Waals surface area contributed by atoms with E-state index >= 15 is 0 Å². The number of ketones is 1. The fourth-order valence-electron chi connectivity index (χ4n) is 4.02. The molecular formula is C13H11Cl2NO2S. The summed E-state index contributed by atoms with van der Waals surface area (Å²) in [6, 6.07) is 3.57. The minimum atomic E-state index is -0.765. The fraction of sp³-hybridized carbons (Fsp3) is 0.462. The molecule has 0 radical (unpaired) electrons. The first-order valence-corrected chi connectivity index (χ1v) is 7.31. The van der Waals surface area contributed by atoms with Gasteiger partial charge in [-0.25, -0.2) is 0 Å². The molecule has 1 N–H and O–H groups in total. The molecule has 6 heteroatoms. The number of rotatable bonds is 0. The number of carbonyl (C=O) groups is 1. The van der Waals surface area contributed by atoms with E-state index < -0.39 is 10.4 Å². The highest BCUT2D eigenvalue weighted by atomic mass is 35.5. The number of hydrogen-bond donors (Lipinski definition) is 2. The molecule has 3 atom stereocenters. The summed E-state index contributed by atoms with van der Waals surface area (Å²) in [5.74, 6) is 0.322. The van der Waals surface area contributed by atoms with Crippen LogP contribution in [0.1, 0.15) is 36.4 Å². The van der Waals surface area contributed by atoms with Crippen LogP contribution in [0.4, 0.5) is 0 Å². The molecule has 1 spiro atoms. The maximum absolute atomic E-state index is 11.9. The molecule has 4 rings (SSSR count). The van der Waals surface area contributed by atoms with Gasteiger partial charge >= 0.3 is 0 Å². The van der Waals surface area contributed by atoms with E-state index in [1.165, 1.54) is 0 Å².